The summed E-state index contributed by atoms with van der Waals surface area (Å²) in [4.78, 5) is 7.32. The molecule has 0 spiro atoms. The lowest BCUT2D eigenvalue weighted by molar-refractivity contribution is 0.590. The fourth-order valence-electron chi connectivity index (χ4n) is 8.10. The fourth-order valence-corrected chi connectivity index (χ4v) is 8.10. The van der Waals surface area contributed by atoms with Crippen LogP contribution in [0.2, 0.25) is 0 Å². The van der Waals surface area contributed by atoms with Gasteiger partial charge in [0, 0.05) is 39.0 Å². The smallest absolute Gasteiger partial charge is 0.292 e. The summed E-state index contributed by atoms with van der Waals surface area (Å²) in [6.07, 6.45) is 1.92. The van der Waals surface area contributed by atoms with Crippen LogP contribution in [0.5, 0.6) is 0 Å². The van der Waals surface area contributed by atoms with Crippen LogP contribution < -0.4 is 21.5 Å². The molecular formula is C44H37BN2O. The molecule has 4 heteroatoms. The van der Waals surface area contributed by atoms with E-state index in [-0.39, 0.29) is 17.5 Å². The Morgan fingerprint density at radius 2 is 1.40 bits per heavy atom. The van der Waals surface area contributed by atoms with E-state index in [1.807, 2.05) is 12.3 Å². The van der Waals surface area contributed by atoms with Crippen molar-refractivity contribution in [2.75, 3.05) is 4.90 Å². The molecule has 2 aromatic heterocycles. The quantitative estimate of drug-likeness (QED) is 0.184. The average Bonchev–Trinajstić information content (AvgIpc) is 3.50. The van der Waals surface area contributed by atoms with Gasteiger partial charge in [0.2, 0.25) is 0 Å². The van der Waals surface area contributed by atoms with E-state index in [1.165, 1.54) is 50.1 Å². The second-order valence-electron chi connectivity index (χ2n) is 14.8. The summed E-state index contributed by atoms with van der Waals surface area (Å²) in [5, 5.41) is 1.14. The molecule has 0 saturated carbocycles. The van der Waals surface area contributed by atoms with Crippen molar-refractivity contribution < 1.29 is 4.42 Å². The molecule has 5 aromatic carbocycles. The molecular weight excluding hydrogens is 583 g/mol. The van der Waals surface area contributed by atoms with E-state index in [2.05, 4.69) is 161 Å². The van der Waals surface area contributed by atoms with Gasteiger partial charge in [0.25, 0.3) is 6.71 Å². The molecule has 0 amide bonds. The molecule has 0 fully saturated rings. The monoisotopic (exact) mass is 620 g/mol. The van der Waals surface area contributed by atoms with Crippen molar-refractivity contribution in [1.29, 1.82) is 0 Å². The van der Waals surface area contributed by atoms with Gasteiger partial charge >= 0.3 is 0 Å². The number of pyridine rings is 1. The Kier molecular flexibility index (Phi) is 6.21. The van der Waals surface area contributed by atoms with E-state index < -0.39 is 0 Å². The maximum absolute atomic E-state index is 6.94. The maximum atomic E-state index is 6.94. The van der Waals surface area contributed by atoms with Gasteiger partial charge in [0.1, 0.15) is 0 Å². The Labute approximate surface area is 283 Å². The zero-order valence-electron chi connectivity index (χ0n) is 28.1. The van der Waals surface area contributed by atoms with Gasteiger partial charge in [0.15, 0.2) is 5.58 Å². The lowest BCUT2D eigenvalue weighted by Crippen LogP contribution is -2.63. The van der Waals surface area contributed by atoms with Gasteiger partial charge < -0.3 is 9.32 Å². The summed E-state index contributed by atoms with van der Waals surface area (Å²) < 4.78 is 6.94. The molecule has 0 saturated heterocycles. The number of anilines is 3. The lowest BCUT2D eigenvalue weighted by atomic mass is 9.32. The Morgan fingerprint density at radius 3 is 2.12 bits per heavy atom. The van der Waals surface area contributed by atoms with Crippen LogP contribution in [0.1, 0.15) is 51.3 Å². The van der Waals surface area contributed by atoms with Gasteiger partial charge in [-0.15, -0.1) is 0 Å². The zero-order chi connectivity index (χ0) is 32.8. The normalized spacial score (nSPS) is 14.4. The molecule has 2 aliphatic rings. The Balaban J connectivity index is 1.29. The molecule has 3 nitrogen and oxygen atoms in total. The van der Waals surface area contributed by atoms with Crippen molar-refractivity contribution in [3.63, 3.8) is 0 Å². The summed E-state index contributed by atoms with van der Waals surface area (Å²) >= 11 is 0. The number of nitrogens with zero attached hydrogens (tertiary/aromatic N) is 2. The minimum absolute atomic E-state index is 0.0425. The number of hydrogen-bond donors (Lipinski definition) is 0. The largest absolute Gasteiger partial charge is 0.468 e. The molecule has 0 bridgehead atoms. The maximum Gasteiger partial charge on any atom is 0.292 e. The standard InChI is InChI=1S/C44H37BN2O/c1-43(2,3)31-22-19-28(20-23-31)30-21-24-35-38(25-30)47(32-15-10-7-11-16-32)37-18-12-17-34-41(37)45(35)42-40(44(34,4)5)33-26-36(46-27-39(33)48-42)29-13-8-6-9-14-29/h6-27H,1-5H3. The summed E-state index contributed by atoms with van der Waals surface area (Å²) in [7, 11) is 0. The van der Waals surface area contributed by atoms with Crippen LogP contribution in [-0.4, -0.2) is 11.7 Å². The van der Waals surface area contributed by atoms with Crippen molar-refractivity contribution in [1.82, 2.24) is 4.98 Å². The van der Waals surface area contributed by atoms with Crippen LogP contribution in [0, 0.1) is 0 Å². The Hall–Kier alpha value is -5.35. The molecule has 0 aliphatic carbocycles. The Bertz CT molecular complexity index is 2350. The summed E-state index contributed by atoms with van der Waals surface area (Å²) in [5.41, 5.74) is 16.2. The summed E-state index contributed by atoms with van der Waals surface area (Å²) in [6.45, 7) is 11.4. The molecule has 4 heterocycles. The first-order valence-corrected chi connectivity index (χ1v) is 16.9. The predicted octanol–water partition coefficient (Wildman–Crippen LogP) is 9.40. The number of rotatable bonds is 3. The first-order valence-electron chi connectivity index (χ1n) is 16.9. The van der Waals surface area contributed by atoms with E-state index in [0.717, 1.165) is 33.6 Å². The molecule has 0 N–H and O–H groups in total. The third-order valence-electron chi connectivity index (χ3n) is 10.5. The van der Waals surface area contributed by atoms with Gasteiger partial charge in [-0.05, 0) is 68.9 Å². The van der Waals surface area contributed by atoms with Crippen LogP contribution in [0.4, 0.5) is 17.1 Å². The van der Waals surface area contributed by atoms with Crippen molar-refractivity contribution in [2.24, 2.45) is 0 Å². The molecule has 232 valence electrons. The summed E-state index contributed by atoms with van der Waals surface area (Å²) in [6, 6.07) is 46.3. The first-order chi connectivity index (χ1) is 23.2. The van der Waals surface area contributed by atoms with Gasteiger partial charge in [-0.3, -0.25) is 4.98 Å². The number of fused-ring (bicyclic) bond motifs is 6. The highest BCUT2D eigenvalue weighted by Gasteiger charge is 2.49. The highest BCUT2D eigenvalue weighted by Crippen LogP contribution is 2.45. The Morgan fingerprint density at radius 1 is 0.688 bits per heavy atom. The van der Waals surface area contributed by atoms with Crippen LogP contribution >= 0.6 is 0 Å². The van der Waals surface area contributed by atoms with Crippen LogP contribution in [0.25, 0.3) is 33.4 Å². The predicted molar refractivity (Wildman–Crippen MR) is 201 cm³/mol. The van der Waals surface area contributed by atoms with Crippen molar-refractivity contribution in [3.8, 4) is 22.4 Å². The van der Waals surface area contributed by atoms with Crippen LogP contribution in [0.3, 0.4) is 0 Å². The second kappa shape index (κ2) is 10.3. The highest BCUT2D eigenvalue weighted by atomic mass is 16.3. The van der Waals surface area contributed by atoms with Gasteiger partial charge in [-0.2, -0.15) is 0 Å². The van der Waals surface area contributed by atoms with Crippen molar-refractivity contribution in [3.05, 3.63) is 150 Å². The van der Waals surface area contributed by atoms with E-state index >= 15 is 0 Å². The van der Waals surface area contributed by atoms with Crippen molar-refractivity contribution >= 4 is 51.3 Å². The minimum atomic E-state index is -0.285. The third-order valence-corrected chi connectivity index (χ3v) is 10.5. The third kappa shape index (κ3) is 4.25. The van der Waals surface area contributed by atoms with Crippen LogP contribution in [0.15, 0.2) is 138 Å². The second-order valence-corrected chi connectivity index (χ2v) is 14.8. The van der Waals surface area contributed by atoms with Gasteiger partial charge in [-0.25, -0.2) is 0 Å². The van der Waals surface area contributed by atoms with E-state index in [4.69, 9.17) is 9.40 Å². The topological polar surface area (TPSA) is 29.3 Å². The van der Waals surface area contributed by atoms with Crippen molar-refractivity contribution in [2.45, 2.75) is 45.4 Å². The molecule has 9 rings (SSSR count). The van der Waals surface area contributed by atoms with E-state index in [0.29, 0.717) is 0 Å². The highest BCUT2D eigenvalue weighted by molar-refractivity contribution is 6.98. The van der Waals surface area contributed by atoms with E-state index in [9.17, 15) is 0 Å². The zero-order valence-corrected chi connectivity index (χ0v) is 28.1. The molecule has 0 radical (unpaired) electrons. The van der Waals surface area contributed by atoms with Gasteiger partial charge in [0.05, 0.1) is 17.6 Å². The number of para-hydroxylation sites is 1. The average molecular weight is 621 g/mol. The molecule has 0 unspecified atom stereocenters. The molecule has 2 aliphatic heterocycles. The van der Waals surface area contributed by atoms with Gasteiger partial charge in [-0.1, -0.05) is 132 Å². The molecule has 7 aromatic rings. The summed E-state index contributed by atoms with van der Waals surface area (Å²) in [5.74, 6) is 0. The lowest BCUT2D eigenvalue weighted by Gasteiger charge is -2.43. The van der Waals surface area contributed by atoms with Crippen LogP contribution in [-0.2, 0) is 10.8 Å². The number of benzene rings is 5. The molecule has 0 atom stereocenters. The number of hydrogen-bond acceptors (Lipinski definition) is 3. The number of aromatic nitrogens is 1. The fraction of sp³-hybridized carbons (Fsp3) is 0.159. The SMILES string of the molecule is CC(C)(C)c1ccc(-c2ccc3c(c2)N(c2ccccc2)c2cccc4c2B3c2oc3cnc(-c5ccccc5)cc3c2C4(C)C)cc1. The number of furan rings is 1. The first kappa shape index (κ1) is 28.8. The minimum Gasteiger partial charge on any atom is -0.468 e. The van der Waals surface area contributed by atoms with E-state index in [1.54, 1.807) is 0 Å². The molecule has 48 heavy (non-hydrogen) atoms.